The molecule has 1 aliphatic heterocycles. The lowest BCUT2D eigenvalue weighted by molar-refractivity contribution is -0.150. The number of likely N-dealkylation sites (N-methyl/N-ethyl adjacent to an activating group) is 1. The molecule has 0 radical (unpaired) electrons. The van der Waals surface area contributed by atoms with E-state index in [1.807, 2.05) is 67.5 Å². The van der Waals surface area contributed by atoms with Gasteiger partial charge in [-0.15, -0.1) is 0 Å². The zero-order valence-electron chi connectivity index (χ0n) is 56.3. The van der Waals surface area contributed by atoms with Crippen LogP contribution in [0.4, 0.5) is 0 Å². The maximum atomic E-state index is 14.7. The van der Waals surface area contributed by atoms with Gasteiger partial charge in [-0.3, -0.25) is 47.9 Å². The Kier molecular flexibility index (Phi) is 29.5. The van der Waals surface area contributed by atoms with Gasteiger partial charge in [-0.25, -0.2) is 0 Å². The van der Waals surface area contributed by atoms with Crippen molar-refractivity contribution in [3.8, 4) is 0 Å². The molecule has 3 aliphatic carbocycles. The average molecular weight is 1210 g/mol. The Morgan fingerprint density at radius 3 is 1.63 bits per heavy atom. The summed E-state index contributed by atoms with van der Waals surface area (Å²) in [4.78, 5) is 144. The summed E-state index contributed by atoms with van der Waals surface area (Å²) in [6.07, 6.45) is 12.5. The molecule has 0 aromatic carbocycles. The summed E-state index contributed by atoms with van der Waals surface area (Å²) >= 11 is 0. The van der Waals surface area contributed by atoms with E-state index in [-0.39, 0.29) is 73.7 Å². The molecule has 10 amide bonds. The van der Waals surface area contributed by atoms with Crippen molar-refractivity contribution in [1.29, 1.82) is 0 Å². The second kappa shape index (κ2) is 33.9. The van der Waals surface area contributed by atoms with Crippen molar-refractivity contribution in [3.05, 3.63) is 0 Å². The van der Waals surface area contributed by atoms with Crippen LogP contribution in [0, 0.1) is 40.9 Å². The second-order valence-corrected chi connectivity index (χ2v) is 29.2. The van der Waals surface area contributed by atoms with Gasteiger partial charge in [-0.05, 0) is 169 Å². The zero-order chi connectivity index (χ0) is 65.1. The van der Waals surface area contributed by atoms with Crippen LogP contribution in [0.25, 0.3) is 0 Å². The van der Waals surface area contributed by atoms with Gasteiger partial charge in [0.15, 0.2) is 0 Å². The average Bonchev–Trinajstić information content (AvgIpc) is 1.96. The van der Waals surface area contributed by atoms with Gasteiger partial charge in [0.1, 0.15) is 46.8 Å². The van der Waals surface area contributed by atoms with E-state index >= 15 is 0 Å². The van der Waals surface area contributed by atoms with E-state index in [0.717, 1.165) is 64.2 Å². The van der Waals surface area contributed by atoms with Gasteiger partial charge in [-0.2, -0.15) is 0 Å². The molecule has 1 heterocycles. The van der Waals surface area contributed by atoms with Crippen LogP contribution in [0.2, 0.25) is 0 Å². The Balaban J connectivity index is 1.75. The highest BCUT2D eigenvalue weighted by Crippen LogP contribution is 2.53. The SMILES string of the molecule is CCCCCCCC[C@H](NC(=O)[C@@H]1CCCN1C(=O)C12CCC(CC(C)C1)C(C)C2)C(=O)N[C@@H](CC(C)C)C(=O)NC(C)(C)C(=O)N[C@@H](CC(C)C)C(=O)N[C@@H](CC(C)C)C(=O)NC(C)(C)C(=O)NC(C)(C)C(=O)NCCC(=O)N[C@@H](C)CN(C)C. The summed E-state index contributed by atoms with van der Waals surface area (Å²) in [5.41, 5.74) is -5.13. The molecule has 0 spiro atoms. The minimum atomic E-state index is -1.63. The number of unbranched alkanes of at least 4 members (excludes halogenated alkanes) is 5. The fourth-order valence-electron chi connectivity index (χ4n) is 12.8. The Hall–Kier alpha value is -5.34. The topological polar surface area (TPSA) is 285 Å². The number of hydrogen-bond acceptors (Lipinski definition) is 11. The number of carbonyl (C=O) groups excluding carboxylic acids is 10. The van der Waals surface area contributed by atoms with Gasteiger partial charge in [0.05, 0.1) is 0 Å². The van der Waals surface area contributed by atoms with Crippen molar-refractivity contribution in [2.24, 2.45) is 40.9 Å². The quantitative estimate of drug-likeness (QED) is 0.0336. The molecule has 492 valence electrons. The monoisotopic (exact) mass is 1210 g/mol. The van der Waals surface area contributed by atoms with Crippen LogP contribution in [-0.2, 0) is 47.9 Å². The molecule has 86 heavy (non-hydrogen) atoms. The van der Waals surface area contributed by atoms with Crippen LogP contribution in [0.5, 0.6) is 0 Å². The second-order valence-electron chi connectivity index (χ2n) is 29.2. The molecule has 9 N–H and O–H groups in total. The molecule has 4 unspecified atom stereocenters. The minimum Gasteiger partial charge on any atom is -0.354 e. The molecule has 21 heteroatoms. The van der Waals surface area contributed by atoms with Gasteiger partial charge < -0.3 is 57.7 Å². The van der Waals surface area contributed by atoms with Crippen molar-refractivity contribution in [3.63, 3.8) is 0 Å². The highest BCUT2D eigenvalue weighted by Gasteiger charge is 2.52. The molecule has 10 atom stereocenters. The van der Waals surface area contributed by atoms with Gasteiger partial charge >= 0.3 is 0 Å². The minimum absolute atomic E-state index is 0.0317. The number of amides is 10. The van der Waals surface area contributed by atoms with E-state index in [1.165, 1.54) is 41.5 Å². The summed E-state index contributed by atoms with van der Waals surface area (Å²) in [5, 5.41) is 25.5. The Bertz CT molecular complexity index is 2300. The molecule has 21 nitrogen and oxygen atoms in total. The van der Waals surface area contributed by atoms with Gasteiger partial charge in [0, 0.05) is 37.5 Å². The largest absolute Gasteiger partial charge is 0.354 e. The van der Waals surface area contributed by atoms with Crippen molar-refractivity contribution in [1.82, 2.24) is 57.7 Å². The highest BCUT2D eigenvalue weighted by molar-refractivity contribution is 6.00. The molecule has 2 bridgehead atoms. The maximum absolute atomic E-state index is 14.7. The standard InChI is InChI=1S/C65H117N11O10/c1-19-20-21-22-23-24-26-47(68-57(82)51-27-25-32-76(51)61(86)65-30-28-46(44(9)38-65)36-43(8)37-65)53(78)69-49(34-41(4)5)55(80)72-63(13,14)59(84)71-48(33-40(2)3)54(79)70-50(35-42(6)7)56(81)73-64(15,16)60(85)74-62(11,12)58(83)66-31-29-52(77)67-45(10)39-75(17)18/h40-51H,19-39H2,1-18H3,(H,66,83)(H,67,77)(H,68,82)(H,69,78)(H,70,79)(H,71,84)(H,72,80)(H,73,81)(H,74,85)/t43?,44?,45-,46?,47-,48-,49-,50-,51-,65?/m0/s1. The molecular formula is C65H117N11O10. The fraction of sp³-hybridized carbons (Fsp3) is 0.846. The van der Waals surface area contributed by atoms with Crippen LogP contribution < -0.4 is 47.9 Å². The van der Waals surface area contributed by atoms with Crippen molar-refractivity contribution in [2.45, 2.75) is 279 Å². The van der Waals surface area contributed by atoms with Crippen LogP contribution in [0.3, 0.4) is 0 Å². The van der Waals surface area contributed by atoms with Crippen molar-refractivity contribution < 1.29 is 47.9 Å². The van der Waals surface area contributed by atoms with E-state index in [4.69, 9.17) is 0 Å². The molecule has 3 saturated carbocycles. The highest BCUT2D eigenvalue weighted by atomic mass is 16.2. The number of nitrogens with zero attached hydrogens (tertiary/aromatic N) is 2. The third-order valence-electron chi connectivity index (χ3n) is 17.4. The van der Waals surface area contributed by atoms with Gasteiger partial charge in [0.25, 0.3) is 0 Å². The first-order valence-corrected chi connectivity index (χ1v) is 32.7. The lowest BCUT2D eigenvalue weighted by Crippen LogP contribution is -2.65. The molecule has 4 fully saturated rings. The molecule has 1 saturated heterocycles. The van der Waals surface area contributed by atoms with Crippen LogP contribution in [0.15, 0.2) is 0 Å². The lowest BCUT2D eigenvalue weighted by atomic mass is 9.66. The van der Waals surface area contributed by atoms with E-state index < -0.39 is 93.6 Å². The van der Waals surface area contributed by atoms with E-state index in [9.17, 15) is 47.9 Å². The smallest absolute Gasteiger partial charge is 0.246 e. The van der Waals surface area contributed by atoms with E-state index in [2.05, 4.69) is 68.6 Å². The third kappa shape index (κ3) is 23.6. The number of rotatable bonds is 35. The number of fused-ring (bicyclic) bond motifs is 4. The summed E-state index contributed by atoms with van der Waals surface area (Å²) < 4.78 is 0. The summed E-state index contributed by atoms with van der Waals surface area (Å²) in [7, 11) is 3.80. The van der Waals surface area contributed by atoms with Crippen molar-refractivity contribution >= 4 is 59.1 Å². The summed E-state index contributed by atoms with van der Waals surface area (Å²) in [6.45, 7) is 30.0. The van der Waals surface area contributed by atoms with Crippen LogP contribution in [-0.4, -0.2) is 155 Å². The molecule has 0 aromatic heterocycles. The predicted octanol–water partition coefficient (Wildman–Crippen LogP) is 5.92. The number of likely N-dealkylation sites (tertiary alicyclic amines) is 1. The first-order valence-electron chi connectivity index (χ1n) is 32.7. The number of nitrogens with one attached hydrogen (secondary N) is 9. The fourth-order valence-corrected chi connectivity index (χ4v) is 12.8. The van der Waals surface area contributed by atoms with Gasteiger partial charge in [-0.1, -0.05) is 101 Å². The number of carbonyl (C=O) groups is 10. The Morgan fingerprint density at radius 1 is 0.581 bits per heavy atom. The Labute approximate surface area is 516 Å². The third-order valence-corrected chi connectivity index (χ3v) is 17.4. The zero-order valence-corrected chi connectivity index (χ0v) is 56.3. The van der Waals surface area contributed by atoms with Crippen LogP contribution >= 0.6 is 0 Å². The summed E-state index contributed by atoms with van der Waals surface area (Å²) in [5.74, 6) is -3.77. The van der Waals surface area contributed by atoms with Crippen molar-refractivity contribution in [2.75, 3.05) is 33.7 Å². The summed E-state index contributed by atoms with van der Waals surface area (Å²) in [6, 6.07) is -5.20. The van der Waals surface area contributed by atoms with Gasteiger partial charge in [0.2, 0.25) is 59.1 Å². The van der Waals surface area contributed by atoms with Crippen LogP contribution in [0.1, 0.15) is 226 Å². The molecule has 4 aliphatic rings. The number of hydrogen-bond donors (Lipinski definition) is 9. The van der Waals surface area contributed by atoms with E-state index in [0.29, 0.717) is 56.5 Å². The lowest BCUT2D eigenvalue weighted by Gasteiger charge is -2.42. The van der Waals surface area contributed by atoms with E-state index in [1.54, 1.807) is 4.90 Å². The molecule has 4 rings (SSSR count). The molecular weight excluding hydrogens is 1090 g/mol. The normalized spacial score (nSPS) is 21.6. The first kappa shape index (κ1) is 74.9. The first-order chi connectivity index (χ1) is 39.9. The predicted molar refractivity (Wildman–Crippen MR) is 337 cm³/mol. The molecule has 0 aromatic rings. The Morgan fingerprint density at radius 2 is 1.09 bits per heavy atom. The maximum Gasteiger partial charge on any atom is 0.246 e.